The number of hydrogen-bond donors (Lipinski definition) is 2. The minimum absolute atomic E-state index is 0.0251. The minimum Gasteiger partial charge on any atom is -0.367 e. The van der Waals surface area contributed by atoms with Crippen LogP contribution in [-0.2, 0) is 24.3 Å². The lowest BCUT2D eigenvalue weighted by Crippen LogP contribution is -2.47. The Labute approximate surface area is 251 Å². The van der Waals surface area contributed by atoms with Gasteiger partial charge in [-0.2, -0.15) is 18.4 Å². The number of hydrogen-bond acceptors (Lipinski definition) is 8. The first-order chi connectivity index (χ1) is 20.7. The van der Waals surface area contributed by atoms with E-state index in [2.05, 4.69) is 44.6 Å². The monoisotopic (exact) mass is 610 g/mol. The van der Waals surface area contributed by atoms with Crippen molar-refractivity contribution in [1.29, 1.82) is 5.26 Å². The Hall–Kier alpha value is -3.73. The third-order valence-electron chi connectivity index (χ3n) is 8.42. The molecule has 0 spiro atoms. The molecular formula is C30H33F3N8OS. The molecule has 2 fully saturated rings. The van der Waals surface area contributed by atoms with Gasteiger partial charge in [0.15, 0.2) is 0 Å². The van der Waals surface area contributed by atoms with E-state index in [0.29, 0.717) is 34.8 Å². The first-order valence-electron chi connectivity index (χ1n) is 14.5. The molecule has 0 atom stereocenters. The molecule has 5 heterocycles. The molecule has 2 saturated heterocycles. The molecule has 2 N–H and O–H groups in total. The predicted molar refractivity (Wildman–Crippen MR) is 160 cm³/mol. The van der Waals surface area contributed by atoms with Gasteiger partial charge in [0, 0.05) is 67.6 Å². The van der Waals surface area contributed by atoms with Crippen LogP contribution in [-0.4, -0.2) is 81.7 Å². The van der Waals surface area contributed by atoms with Crippen molar-refractivity contribution in [3.8, 4) is 6.07 Å². The smallest absolute Gasteiger partial charge is 0.367 e. The Balaban J connectivity index is 1.10. The van der Waals surface area contributed by atoms with Crippen molar-refractivity contribution in [3.63, 3.8) is 0 Å². The summed E-state index contributed by atoms with van der Waals surface area (Å²) in [5.74, 6) is 0.611. The van der Waals surface area contributed by atoms with Crippen molar-refractivity contribution in [2.45, 2.75) is 51.5 Å². The maximum absolute atomic E-state index is 13.0. The third kappa shape index (κ3) is 6.46. The van der Waals surface area contributed by atoms with Crippen molar-refractivity contribution < 1.29 is 18.0 Å². The summed E-state index contributed by atoms with van der Waals surface area (Å²) in [7, 11) is 0. The van der Waals surface area contributed by atoms with E-state index in [1.807, 2.05) is 21.6 Å². The summed E-state index contributed by atoms with van der Waals surface area (Å²) in [5.41, 5.74) is 3.67. The number of piperidine rings is 1. The molecule has 226 valence electrons. The van der Waals surface area contributed by atoms with Gasteiger partial charge in [0.05, 0.1) is 11.8 Å². The van der Waals surface area contributed by atoms with E-state index < -0.39 is 12.6 Å². The second-order valence-corrected chi connectivity index (χ2v) is 12.4. The number of halogens is 3. The Kier molecular flexibility index (Phi) is 8.26. The highest BCUT2D eigenvalue weighted by molar-refractivity contribution is 7.18. The molecule has 1 amide bonds. The Bertz CT molecular complexity index is 1680. The molecule has 2 aliphatic rings. The number of anilines is 1. The standard InChI is InChI=1S/C30H33F3N8OS/c1-19-20(2-3-26-24(19)12-22(15-34)41(26)17-27(42)40-10-6-35-7-11-40)16-39-8-4-21(5-9-39)38-28-25-13-23(14-30(31,32)33)43-29(25)37-18-36-28/h2-3,12-13,18,21,35H,4-11,14,16-17H2,1H3,(H,36,37,38). The van der Waals surface area contributed by atoms with Crippen LogP contribution in [0.5, 0.6) is 0 Å². The van der Waals surface area contributed by atoms with Crippen molar-refractivity contribution in [1.82, 2.24) is 29.7 Å². The number of nitriles is 1. The van der Waals surface area contributed by atoms with Gasteiger partial charge in [-0.25, -0.2) is 9.97 Å². The van der Waals surface area contributed by atoms with Gasteiger partial charge in [0.1, 0.15) is 35.3 Å². The molecule has 43 heavy (non-hydrogen) atoms. The summed E-state index contributed by atoms with van der Waals surface area (Å²) < 4.78 is 40.5. The number of aryl methyl sites for hydroxylation is 1. The van der Waals surface area contributed by atoms with Crippen molar-refractivity contribution in [2.24, 2.45) is 0 Å². The predicted octanol–water partition coefficient (Wildman–Crippen LogP) is 4.44. The highest BCUT2D eigenvalue weighted by Crippen LogP contribution is 2.33. The highest BCUT2D eigenvalue weighted by Gasteiger charge is 2.29. The number of thiophene rings is 1. The van der Waals surface area contributed by atoms with Crippen LogP contribution in [0, 0.1) is 18.3 Å². The van der Waals surface area contributed by atoms with Crippen LogP contribution >= 0.6 is 11.3 Å². The number of alkyl halides is 3. The van der Waals surface area contributed by atoms with Crippen LogP contribution in [0.3, 0.4) is 0 Å². The summed E-state index contributed by atoms with van der Waals surface area (Å²) in [5, 5.41) is 18.2. The van der Waals surface area contributed by atoms with Gasteiger partial charge in [0.25, 0.3) is 0 Å². The molecule has 6 rings (SSSR count). The molecule has 0 saturated carbocycles. The zero-order valence-corrected chi connectivity index (χ0v) is 24.7. The fraction of sp³-hybridized carbons (Fsp3) is 0.467. The van der Waals surface area contributed by atoms with Gasteiger partial charge in [-0.1, -0.05) is 6.07 Å². The van der Waals surface area contributed by atoms with E-state index in [1.165, 1.54) is 11.9 Å². The lowest BCUT2D eigenvalue weighted by molar-refractivity contribution is -0.132. The summed E-state index contributed by atoms with van der Waals surface area (Å²) in [6, 6.07) is 9.99. The number of nitrogens with zero attached hydrogens (tertiary/aromatic N) is 6. The third-order valence-corrected chi connectivity index (χ3v) is 9.46. The Morgan fingerprint density at radius 2 is 1.91 bits per heavy atom. The maximum atomic E-state index is 13.0. The molecule has 4 aromatic rings. The van der Waals surface area contributed by atoms with Gasteiger partial charge < -0.3 is 20.1 Å². The van der Waals surface area contributed by atoms with Crippen LogP contribution in [0.4, 0.5) is 19.0 Å². The topological polar surface area (TPSA) is 102 Å². The molecule has 9 nitrogen and oxygen atoms in total. The Morgan fingerprint density at radius 3 is 2.63 bits per heavy atom. The molecule has 1 aromatic carbocycles. The van der Waals surface area contributed by atoms with Crippen LogP contribution in [0.1, 0.15) is 34.5 Å². The quantitative estimate of drug-likeness (QED) is 0.319. The van der Waals surface area contributed by atoms with Gasteiger partial charge in [-0.3, -0.25) is 9.69 Å². The van der Waals surface area contributed by atoms with E-state index in [1.54, 1.807) is 6.07 Å². The van der Waals surface area contributed by atoms with E-state index in [4.69, 9.17) is 0 Å². The van der Waals surface area contributed by atoms with Crippen LogP contribution in [0.15, 0.2) is 30.6 Å². The molecule has 3 aromatic heterocycles. The number of rotatable bonds is 7. The summed E-state index contributed by atoms with van der Waals surface area (Å²) in [4.78, 5) is 26.5. The number of aromatic nitrogens is 3. The average Bonchev–Trinajstić information content (AvgIpc) is 3.56. The zero-order chi connectivity index (χ0) is 30.1. The van der Waals surface area contributed by atoms with Crippen molar-refractivity contribution >= 4 is 44.2 Å². The normalized spacial score (nSPS) is 17.0. The lowest BCUT2D eigenvalue weighted by Gasteiger charge is -2.33. The molecule has 2 aliphatic heterocycles. The molecule has 0 unspecified atom stereocenters. The SMILES string of the molecule is Cc1c(CN2CCC(Nc3ncnc4sc(CC(F)(F)F)cc34)CC2)ccc2c1cc(C#N)n2CC(=O)N1CCNCC1. The number of carbonyl (C=O) groups excluding carboxylic acids is 1. The largest absolute Gasteiger partial charge is 0.393 e. The van der Waals surface area contributed by atoms with Crippen LogP contribution in [0.2, 0.25) is 0 Å². The van der Waals surface area contributed by atoms with Gasteiger partial charge in [-0.15, -0.1) is 11.3 Å². The number of piperazine rings is 1. The lowest BCUT2D eigenvalue weighted by atomic mass is 10.0. The Morgan fingerprint density at radius 1 is 1.14 bits per heavy atom. The van der Waals surface area contributed by atoms with E-state index in [-0.39, 0.29) is 23.4 Å². The molecule has 0 radical (unpaired) electrons. The maximum Gasteiger partial charge on any atom is 0.393 e. The summed E-state index contributed by atoms with van der Waals surface area (Å²) in [6.07, 6.45) is -2.08. The summed E-state index contributed by atoms with van der Waals surface area (Å²) >= 11 is 1.06. The fourth-order valence-electron chi connectivity index (χ4n) is 6.08. The molecule has 13 heteroatoms. The average molecular weight is 611 g/mol. The van der Waals surface area contributed by atoms with Crippen molar-refractivity contribution in [3.05, 3.63) is 52.3 Å². The zero-order valence-electron chi connectivity index (χ0n) is 23.9. The van der Waals surface area contributed by atoms with Gasteiger partial charge in [0.2, 0.25) is 5.91 Å². The number of nitrogens with one attached hydrogen (secondary N) is 2. The highest BCUT2D eigenvalue weighted by atomic mass is 32.1. The second-order valence-electron chi connectivity index (χ2n) is 11.3. The molecular weight excluding hydrogens is 577 g/mol. The fourth-order valence-corrected chi connectivity index (χ4v) is 7.11. The van der Waals surface area contributed by atoms with Gasteiger partial charge >= 0.3 is 6.18 Å². The first-order valence-corrected chi connectivity index (χ1v) is 15.3. The number of amides is 1. The minimum atomic E-state index is -4.26. The summed E-state index contributed by atoms with van der Waals surface area (Å²) in [6.45, 7) is 7.62. The molecule has 0 aliphatic carbocycles. The molecule has 0 bridgehead atoms. The van der Waals surface area contributed by atoms with Crippen LogP contribution in [0.25, 0.3) is 21.1 Å². The van der Waals surface area contributed by atoms with E-state index in [9.17, 15) is 23.2 Å². The van der Waals surface area contributed by atoms with Gasteiger partial charge in [-0.05, 0) is 49.1 Å². The van der Waals surface area contributed by atoms with E-state index >= 15 is 0 Å². The van der Waals surface area contributed by atoms with E-state index in [0.717, 1.165) is 73.4 Å². The number of likely N-dealkylation sites (tertiary alicyclic amines) is 1. The number of benzene rings is 1. The van der Waals surface area contributed by atoms with Crippen molar-refractivity contribution in [2.75, 3.05) is 44.6 Å². The van der Waals surface area contributed by atoms with Crippen LogP contribution < -0.4 is 10.6 Å². The number of fused-ring (bicyclic) bond motifs is 2. The number of carbonyl (C=O) groups is 1. The first kappa shape index (κ1) is 29.3. The second kappa shape index (κ2) is 12.1.